The van der Waals surface area contributed by atoms with E-state index in [9.17, 15) is 10.1 Å². The van der Waals surface area contributed by atoms with E-state index >= 15 is 0 Å². The Morgan fingerprint density at radius 1 is 1.19 bits per heavy atom. The molecule has 0 aliphatic rings. The van der Waals surface area contributed by atoms with E-state index in [0.717, 1.165) is 23.5 Å². The van der Waals surface area contributed by atoms with Gasteiger partial charge in [-0.1, -0.05) is 17.7 Å². The normalized spacial score (nSPS) is 10.4. The van der Waals surface area contributed by atoms with Gasteiger partial charge in [0.2, 0.25) is 0 Å². The molecule has 0 atom stereocenters. The number of anilines is 2. The molecule has 0 aliphatic heterocycles. The number of alkyl halides is 1. The quantitative estimate of drug-likeness (QED) is 0.453. The largest absolute Gasteiger partial charge is 0.342 e. The lowest BCUT2D eigenvalue weighted by molar-refractivity contribution is -0.384. The molecule has 0 amide bonds. The smallest absolute Gasteiger partial charge is 0.269 e. The molecule has 0 unspecified atom stereocenters. The first kappa shape index (κ1) is 15.3. The van der Waals surface area contributed by atoms with Gasteiger partial charge in [0, 0.05) is 35.9 Å². The summed E-state index contributed by atoms with van der Waals surface area (Å²) >= 11 is 5.97. The zero-order valence-electron chi connectivity index (χ0n) is 12.0. The van der Waals surface area contributed by atoms with Crippen molar-refractivity contribution in [3.05, 3.63) is 63.7 Å². The third kappa shape index (κ3) is 3.34. The van der Waals surface area contributed by atoms with E-state index in [2.05, 4.69) is 4.90 Å². The maximum atomic E-state index is 10.9. The number of rotatable bonds is 5. The number of aryl methyl sites for hydroxylation is 1. The highest BCUT2D eigenvalue weighted by Gasteiger charge is 2.15. The predicted molar refractivity (Wildman–Crippen MR) is 86.5 cm³/mol. The molecule has 110 valence electrons. The van der Waals surface area contributed by atoms with Crippen LogP contribution in [0.3, 0.4) is 0 Å². The summed E-state index contributed by atoms with van der Waals surface area (Å²) in [5.74, 6) is 0.235. The molecule has 0 N–H and O–H groups in total. The highest BCUT2D eigenvalue weighted by molar-refractivity contribution is 6.17. The summed E-state index contributed by atoms with van der Waals surface area (Å²) in [6.07, 6.45) is 0. The van der Waals surface area contributed by atoms with Crippen LogP contribution >= 0.6 is 11.6 Å². The van der Waals surface area contributed by atoms with Gasteiger partial charge < -0.3 is 4.90 Å². The van der Waals surface area contributed by atoms with Crippen LogP contribution in [0.15, 0.2) is 42.5 Å². The van der Waals surface area contributed by atoms with Gasteiger partial charge in [0.1, 0.15) is 0 Å². The van der Waals surface area contributed by atoms with Gasteiger partial charge in [0.25, 0.3) is 5.69 Å². The summed E-state index contributed by atoms with van der Waals surface area (Å²) < 4.78 is 0. The molecule has 0 saturated carbocycles. The molecule has 0 spiro atoms. The van der Waals surface area contributed by atoms with Crippen LogP contribution in [0.25, 0.3) is 0 Å². The monoisotopic (exact) mass is 304 g/mol. The van der Waals surface area contributed by atoms with Crippen molar-refractivity contribution < 1.29 is 4.92 Å². The van der Waals surface area contributed by atoms with Crippen molar-refractivity contribution in [1.29, 1.82) is 0 Å². The second-order valence-electron chi connectivity index (χ2n) is 4.78. The van der Waals surface area contributed by atoms with Gasteiger partial charge in [-0.15, -0.1) is 11.6 Å². The number of hydrogen-bond acceptors (Lipinski definition) is 3. The Morgan fingerprint density at radius 3 is 2.38 bits per heavy atom. The molecule has 0 fully saturated rings. The van der Waals surface area contributed by atoms with Crippen molar-refractivity contribution in [3.63, 3.8) is 0 Å². The van der Waals surface area contributed by atoms with Gasteiger partial charge in [0.15, 0.2) is 0 Å². The van der Waals surface area contributed by atoms with Crippen LogP contribution < -0.4 is 4.90 Å². The summed E-state index contributed by atoms with van der Waals surface area (Å²) in [6.45, 7) is 4.83. The number of hydrogen-bond donors (Lipinski definition) is 0. The van der Waals surface area contributed by atoms with Gasteiger partial charge in [-0.25, -0.2) is 0 Å². The Bertz CT molecular complexity index is 641. The minimum Gasteiger partial charge on any atom is -0.342 e. The average molecular weight is 305 g/mol. The van der Waals surface area contributed by atoms with Crippen molar-refractivity contribution in [2.45, 2.75) is 19.7 Å². The van der Waals surface area contributed by atoms with Crippen LogP contribution in [-0.4, -0.2) is 11.5 Å². The SMILES string of the molecule is CCN(c1ccc(C)cc1)c1ccc([N+](=O)[O-])cc1CCl. The fourth-order valence-electron chi connectivity index (χ4n) is 2.27. The Morgan fingerprint density at radius 2 is 1.86 bits per heavy atom. The summed E-state index contributed by atoms with van der Waals surface area (Å²) in [7, 11) is 0. The Kier molecular flexibility index (Phi) is 4.81. The highest BCUT2D eigenvalue weighted by atomic mass is 35.5. The molecular weight excluding hydrogens is 288 g/mol. The van der Waals surface area contributed by atoms with Crippen molar-refractivity contribution in [2.24, 2.45) is 0 Å². The number of nitro benzene ring substituents is 1. The average Bonchev–Trinajstić information content (AvgIpc) is 2.50. The van der Waals surface area contributed by atoms with E-state index in [4.69, 9.17) is 11.6 Å². The first-order chi connectivity index (χ1) is 10.1. The number of non-ortho nitro benzene ring substituents is 1. The molecule has 4 nitrogen and oxygen atoms in total. The van der Waals surface area contributed by atoms with Gasteiger partial charge in [-0.2, -0.15) is 0 Å². The fraction of sp³-hybridized carbons (Fsp3) is 0.250. The van der Waals surface area contributed by atoms with Gasteiger partial charge in [0.05, 0.1) is 4.92 Å². The zero-order chi connectivity index (χ0) is 15.4. The number of nitro groups is 1. The maximum Gasteiger partial charge on any atom is 0.269 e. The van der Waals surface area contributed by atoms with Gasteiger partial charge in [-0.05, 0) is 37.6 Å². The molecule has 21 heavy (non-hydrogen) atoms. The second-order valence-corrected chi connectivity index (χ2v) is 5.05. The van der Waals surface area contributed by atoms with Crippen LogP contribution in [0.5, 0.6) is 0 Å². The van der Waals surface area contributed by atoms with E-state index < -0.39 is 4.92 Å². The lowest BCUT2D eigenvalue weighted by Crippen LogP contribution is -2.17. The predicted octanol–water partition coefficient (Wildman–Crippen LogP) is 4.80. The summed E-state index contributed by atoms with van der Waals surface area (Å²) in [5.41, 5.74) is 3.96. The Balaban J connectivity index is 2.46. The maximum absolute atomic E-state index is 10.9. The van der Waals surface area contributed by atoms with E-state index in [-0.39, 0.29) is 11.6 Å². The summed E-state index contributed by atoms with van der Waals surface area (Å²) in [4.78, 5) is 12.6. The molecule has 5 heteroatoms. The molecule has 0 heterocycles. The van der Waals surface area contributed by atoms with Crippen LogP contribution in [0.2, 0.25) is 0 Å². The molecule has 2 aromatic rings. The van der Waals surface area contributed by atoms with Crippen LogP contribution in [0.1, 0.15) is 18.1 Å². The highest BCUT2D eigenvalue weighted by Crippen LogP contribution is 2.32. The minimum atomic E-state index is -0.401. The molecule has 0 saturated heterocycles. The lowest BCUT2D eigenvalue weighted by Gasteiger charge is -2.25. The number of nitrogens with zero attached hydrogens (tertiary/aromatic N) is 2. The van der Waals surface area contributed by atoms with Crippen LogP contribution in [0.4, 0.5) is 17.1 Å². The Labute approximate surface area is 129 Å². The third-order valence-electron chi connectivity index (χ3n) is 3.37. The van der Waals surface area contributed by atoms with Crippen LogP contribution in [-0.2, 0) is 5.88 Å². The molecule has 0 radical (unpaired) electrons. The van der Waals surface area contributed by atoms with E-state index in [1.54, 1.807) is 12.1 Å². The fourth-order valence-corrected chi connectivity index (χ4v) is 2.49. The van der Waals surface area contributed by atoms with Crippen molar-refractivity contribution in [2.75, 3.05) is 11.4 Å². The number of halogens is 1. The van der Waals surface area contributed by atoms with E-state index in [0.29, 0.717) is 0 Å². The molecule has 2 rings (SSSR count). The molecule has 0 aliphatic carbocycles. The lowest BCUT2D eigenvalue weighted by atomic mass is 10.1. The van der Waals surface area contributed by atoms with Crippen LogP contribution in [0, 0.1) is 17.0 Å². The molecule has 2 aromatic carbocycles. The third-order valence-corrected chi connectivity index (χ3v) is 3.66. The van der Waals surface area contributed by atoms with Gasteiger partial charge in [-0.3, -0.25) is 10.1 Å². The first-order valence-electron chi connectivity index (χ1n) is 6.74. The van der Waals surface area contributed by atoms with E-state index in [1.807, 2.05) is 38.1 Å². The Hall–Kier alpha value is -2.07. The van der Waals surface area contributed by atoms with Crippen molar-refractivity contribution in [1.82, 2.24) is 0 Å². The second kappa shape index (κ2) is 6.59. The van der Waals surface area contributed by atoms with Gasteiger partial charge >= 0.3 is 0 Å². The topological polar surface area (TPSA) is 46.4 Å². The molecular formula is C16H17ClN2O2. The summed E-state index contributed by atoms with van der Waals surface area (Å²) in [5, 5.41) is 10.9. The van der Waals surface area contributed by atoms with E-state index in [1.165, 1.54) is 11.6 Å². The minimum absolute atomic E-state index is 0.0642. The van der Waals surface area contributed by atoms with Crippen molar-refractivity contribution in [3.8, 4) is 0 Å². The standard InChI is InChI=1S/C16H17ClN2O2/c1-3-18(14-6-4-12(2)5-7-14)16-9-8-15(19(20)21)10-13(16)11-17/h4-10H,3,11H2,1-2H3. The number of benzene rings is 2. The molecule has 0 aromatic heterocycles. The summed E-state index contributed by atoms with van der Waals surface area (Å²) in [6, 6.07) is 13.0. The van der Waals surface area contributed by atoms with Crippen molar-refractivity contribution >= 4 is 28.7 Å². The first-order valence-corrected chi connectivity index (χ1v) is 7.27. The zero-order valence-corrected chi connectivity index (χ0v) is 12.8. The molecule has 0 bridgehead atoms.